The molecule has 3 atom stereocenters. The van der Waals surface area contributed by atoms with Gasteiger partial charge in [0.05, 0.1) is 5.88 Å². The summed E-state index contributed by atoms with van der Waals surface area (Å²) >= 11 is 12.3. The molecular formula is C19H21Cl2N2OP. The monoisotopic (exact) mass is 394 g/mol. The molecule has 0 aromatic heterocycles. The molecule has 2 fully saturated rings. The van der Waals surface area contributed by atoms with Crippen LogP contribution in [0.5, 0.6) is 0 Å². The number of hydrogen-bond donors (Lipinski definition) is 0. The number of halogens is 2. The molecule has 25 heavy (non-hydrogen) atoms. The van der Waals surface area contributed by atoms with Crippen LogP contribution in [-0.2, 0) is 4.52 Å². The smallest absolute Gasteiger partial charge is 0.219 e. The Labute approximate surface area is 160 Å². The Hall–Kier alpha value is -0.830. The molecule has 2 heterocycles. The van der Waals surface area contributed by atoms with E-state index in [1.807, 2.05) is 24.3 Å². The Morgan fingerprint density at radius 2 is 1.88 bits per heavy atom. The SMILES string of the molecule is ClCC(OP1N(c2ccccc2)C[C@@H]2CCCN21)c1ccc(Cl)cc1. The van der Waals surface area contributed by atoms with Gasteiger partial charge in [-0.25, -0.2) is 4.67 Å². The van der Waals surface area contributed by atoms with Crippen LogP contribution in [0.3, 0.4) is 0 Å². The molecule has 0 radical (unpaired) electrons. The first-order valence-corrected chi connectivity index (χ1v) is 10.7. The first-order valence-electron chi connectivity index (χ1n) is 8.63. The molecule has 0 amide bonds. The molecule has 2 saturated heterocycles. The van der Waals surface area contributed by atoms with E-state index in [0.717, 1.165) is 23.7 Å². The van der Waals surface area contributed by atoms with Gasteiger partial charge in [-0.1, -0.05) is 41.9 Å². The summed E-state index contributed by atoms with van der Waals surface area (Å²) in [6, 6.07) is 19.0. The highest BCUT2D eigenvalue weighted by molar-refractivity contribution is 7.52. The van der Waals surface area contributed by atoms with Gasteiger partial charge in [-0.2, -0.15) is 0 Å². The van der Waals surface area contributed by atoms with Crippen molar-refractivity contribution in [3.63, 3.8) is 0 Å². The number of fused-ring (bicyclic) bond motifs is 1. The molecule has 2 aliphatic heterocycles. The van der Waals surface area contributed by atoms with Gasteiger partial charge in [-0.3, -0.25) is 0 Å². The highest BCUT2D eigenvalue weighted by Gasteiger charge is 2.45. The first kappa shape index (κ1) is 17.6. The number of benzene rings is 2. The quantitative estimate of drug-likeness (QED) is 0.467. The zero-order chi connectivity index (χ0) is 17.2. The lowest BCUT2D eigenvalue weighted by Gasteiger charge is -2.32. The third-order valence-corrected chi connectivity index (χ3v) is 7.56. The third kappa shape index (κ3) is 3.67. The van der Waals surface area contributed by atoms with E-state index in [4.69, 9.17) is 27.7 Å². The number of hydrogen-bond acceptors (Lipinski definition) is 3. The van der Waals surface area contributed by atoms with Crippen molar-refractivity contribution in [1.29, 1.82) is 0 Å². The van der Waals surface area contributed by atoms with Crippen molar-refractivity contribution in [1.82, 2.24) is 4.67 Å². The minimum atomic E-state index is -0.852. The fourth-order valence-corrected chi connectivity index (χ4v) is 6.36. The molecule has 0 saturated carbocycles. The van der Waals surface area contributed by atoms with Gasteiger partial charge in [-0.15, -0.1) is 11.6 Å². The van der Waals surface area contributed by atoms with Crippen LogP contribution in [-0.4, -0.2) is 29.7 Å². The molecule has 0 aliphatic carbocycles. The van der Waals surface area contributed by atoms with E-state index < -0.39 is 8.45 Å². The average molecular weight is 395 g/mol. The Morgan fingerprint density at radius 1 is 1.12 bits per heavy atom. The highest BCUT2D eigenvalue weighted by Crippen LogP contribution is 2.58. The topological polar surface area (TPSA) is 15.7 Å². The van der Waals surface area contributed by atoms with Crippen molar-refractivity contribution in [2.45, 2.75) is 25.0 Å². The van der Waals surface area contributed by atoms with Gasteiger partial charge in [-0.05, 0) is 42.7 Å². The molecule has 0 spiro atoms. The average Bonchev–Trinajstić information content (AvgIpc) is 3.23. The molecule has 6 heteroatoms. The van der Waals surface area contributed by atoms with Crippen LogP contribution in [0.2, 0.25) is 5.02 Å². The number of anilines is 1. The lowest BCUT2D eigenvalue weighted by atomic mass is 10.1. The minimum Gasteiger partial charge on any atom is -0.318 e. The van der Waals surface area contributed by atoms with Crippen molar-refractivity contribution in [2.75, 3.05) is 23.6 Å². The van der Waals surface area contributed by atoms with E-state index >= 15 is 0 Å². The largest absolute Gasteiger partial charge is 0.318 e. The maximum absolute atomic E-state index is 6.61. The van der Waals surface area contributed by atoms with Gasteiger partial charge in [0.15, 0.2) is 0 Å². The van der Waals surface area contributed by atoms with E-state index in [-0.39, 0.29) is 6.10 Å². The molecule has 2 aromatic carbocycles. The summed E-state index contributed by atoms with van der Waals surface area (Å²) in [4.78, 5) is 0. The van der Waals surface area contributed by atoms with Crippen molar-refractivity contribution < 1.29 is 4.52 Å². The van der Waals surface area contributed by atoms with Gasteiger partial charge < -0.3 is 9.19 Å². The predicted molar refractivity (Wildman–Crippen MR) is 106 cm³/mol. The number of para-hydroxylation sites is 1. The molecule has 4 rings (SSSR count). The normalized spacial score (nSPS) is 24.5. The summed E-state index contributed by atoms with van der Waals surface area (Å²) in [7, 11) is -0.852. The Kier molecular flexibility index (Phi) is 5.50. The predicted octanol–water partition coefficient (Wildman–Crippen LogP) is 5.85. The summed E-state index contributed by atoms with van der Waals surface area (Å²) in [5.74, 6) is 0.432. The second-order valence-corrected chi connectivity index (χ2v) is 8.89. The van der Waals surface area contributed by atoms with Crippen LogP contribution in [0, 0.1) is 0 Å². The van der Waals surface area contributed by atoms with Gasteiger partial charge in [0.2, 0.25) is 8.45 Å². The van der Waals surface area contributed by atoms with Crippen LogP contribution in [0.4, 0.5) is 5.69 Å². The second kappa shape index (κ2) is 7.82. The number of rotatable bonds is 5. The zero-order valence-corrected chi connectivity index (χ0v) is 16.3. The Morgan fingerprint density at radius 3 is 2.60 bits per heavy atom. The van der Waals surface area contributed by atoms with Crippen LogP contribution >= 0.6 is 31.7 Å². The molecule has 132 valence electrons. The number of nitrogens with zero attached hydrogens (tertiary/aromatic N) is 2. The van der Waals surface area contributed by atoms with Crippen molar-refractivity contribution in [2.24, 2.45) is 0 Å². The summed E-state index contributed by atoms with van der Waals surface area (Å²) in [6.07, 6.45) is 2.37. The lowest BCUT2D eigenvalue weighted by Crippen LogP contribution is -2.20. The maximum Gasteiger partial charge on any atom is 0.219 e. The van der Waals surface area contributed by atoms with Crippen molar-refractivity contribution in [3.8, 4) is 0 Å². The maximum atomic E-state index is 6.61. The van der Waals surface area contributed by atoms with E-state index in [9.17, 15) is 0 Å². The first-order chi connectivity index (χ1) is 12.3. The molecule has 2 aromatic rings. The molecule has 2 aliphatic rings. The van der Waals surface area contributed by atoms with Crippen LogP contribution < -0.4 is 4.67 Å². The van der Waals surface area contributed by atoms with Gasteiger partial charge in [0.1, 0.15) is 6.10 Å². The standard InChI is InChI=1S/C19H21Cl2N2OP/c20-13-19(15-8-10-16(21)11-9-15)24-25-22-12-4-7-18(22)14-23(25)17-5-2-1-3-6-17/h1-3,5-6,8-11,18-19H,4,7,12-14H2/t18-,19?,25?/m0/s1. The van der Waals surface area contributed by atoms with Crippen LogP contribution in [0.15, 0.2) is 54.6 Å². The van der Waals surface area contributed by atoms with Gasteiger partial charge in [0, 0.05) is 29.8 Å². The summed E-state index contributed by atoms with van der Waals surface area (Å²) in [5, 5.41) is 0.731. The molecule has 0 N–H and O–H groups in total. The van der Waals surface area contributed by atoms with E-state index in [1.165, 1.54) is 18.5 Å². The van der Waals surface area contributed by atoms with Gasteiger partial charge in [0.25, 0.3) is 0 Å². The van der Waals surface area contributed by atoms with E-state index in [0.29, 0.717) is 11.9 Å². The molecule has 3 nitrogen and oxygen atoms in total. The molecule has 0 bridgehead atoms. The summed E-state index contributed by atoms with van der Waals surface area (Å²) in [6.45, 7) is 2.14. The third-order valence-electron chi connectivity index (χ3n) is 4.81. The van der Waals surface area contributed by atoms with E-state index in [2.05, 4.69) is 39.7 Å². The zero-order valence-electron chi connectivity index (χ0n) is 13.9. The van der Waals surface area contributed by atoms with Crippen molar-refractivity contribution >= 4 is 37.3 Å². The molecular weight excluding hydrogens is 374 g/mol. The van der Waals surface area contributed by atoms with Crippen LogP contribution in [0.25, 0.3) is 0 Å². The number of alkyl halides is 1. The molecule has 2 unspecified atom stereocenters. The van der Waals surface area contributed by atoms with Gasteiger partial charge >= 0.3 is 0 Å². The second-order valence-electron chi connectivity index (χ2n) is 6.43. The Bertz CT molecular complexity index is 700. The minimum absolute atomic E-state index is 0.129. The fourth-order valence-electron chi connectivity index (χ4n) is 3.53. The summed E-state index contributed by atoms with van der Waals surface area (Å²) < 4.78 is 11.6. The highest BCUT2D eigenvalue weighted by atomic mass is 35.5. The summed E-state index contributed by atoms with van der Waals surface area (Å²) in [5.41, 5.74) is 2.31. The fraction of sp³-hybridized carbons (Fsp3) is 0.368. The van der Waals surface area contributed by atoms with E-state index in [1.54, 1.807) is 0 Å². The Balaban J connectivity index is 1.59. The van der Waals surface area contributed by atoms with Crippen molar-refractivity contribution in [3.05, 3.63) is 65.2 Å². The van der Waals surface area contributed by atoms with Crippen LogP contribution in [0.1, 0.15) is 24.5 Å². The lowest BCUT2D eigenvalue weighted by molar-refractivity contribution is 0.236.